The predicted octanol–water partition coefficient (Wildman–Crippen LogP) is 2.90. The van der Waals surface area contributed by atoms with Crippen LogP contribution < -0.4 is 0 Å². The minimum atomic E-state index is -3.45. The molecule has 1 rings (SSSR count). The number of hydrogen-bond acceptors (Lipinski definition) is 3. The van der Waals surface area contributed by atoms with E-state index in [1.807, 2.05) is 26.0 Å². The van der Waals surface area contributed by atoms with Gasteiger partial charge in [0.1, 0.15) is 0 Å². The van der Waals surface area contributed by atoms with Gasteiger partial charge in [0.05, 0.1) is 17.6 Å². The van der Waals surface area contributed by atoms with Crippen molar-refractivity contribution in [1.82, 2.24) is 4.31 Å². The number of rotatable bonds is 9. The van der Waals surface area contributed by atoms with Crippen molar-refractivity contribution in [2.75, 3.05) is 26.1 Å². The Kier molecular flexibility index (Phi) is 7.66. The first kappa shape index (κ1) is 18.4. The van der Waals surface area contributed by atoms with Gasteiger partial charge in [0, 0.05) is 19.5 Å². The average molecular weight is 334 g/mol. The lowest BCUT2D eigenvalue weighted by Crippen LogP contribution is -2.30. The standard InChI is InChI=1S/C15H24ClNO3S/c1-13(2)20-12-11-17(3)21(18,19)15-8-6-14(7-9-15)5-4-10-16/h6-9,13H,4-5,10-12H2,1-3H3. The second kappa shape index (κ2) is 8.73. The lowest BCUT2D eigenvalue weighted by molar-refractivity contribution is 0.0737. The molecule has 0 bridgehead atoms. The number of aryl methyl sites for hydroxylation is 1. The van der Waals surface area contributed by atoms with Crippen LogP contribution in [0.2, 0.25) is 0 Å². The van der Waals surface area contributed by atoms with Crippen LogP contribution in [0.1, 0.15) is 25.8 Å². The Labute approximate surface area is 133 Å². The Morgan fingerprint density at radius 1 is 1.24 bits per heavy atom. The number of halogens is 1. The molecule has 4 nitrogen and oxygen atoms in total. The summed E-state index contributed by atoms with van der Waals surface area (Å²) in [4.78, 5) is 0.309. The normalized spacial score (nSPS) is 12.3. The highest BCUT2D eigenvalue weighted by atomic mass is 35.5. The van der Waals surface area contributed by atoms with Gasteiger partial charge in [-0.25, -0.2) is 8.42 Å². The van der Waals surface area contributed by atoms with Crippen molar-refractivity contribution in [2.24, 2.45) is 0 Å². The first-order valence-electron chi connectivity index (χ1n) is 7.10. The quantitative estimate of drug-likeness (QED) is 0.653. The fourth-order valence-corrected chi connectivity index (χ4v) is 3.10. The highest BCUT2D eigenvalue weighted by Crippen LogP contribution is 2.16. The van der Waals surface area contributed by atoms with Crippen molar-refractivity contribution >= 4 is 21.6 Å². The monoisotopic (exact) mass is 333 g/mol. The van der Waals surface area contributed by atoms with E-state index in [4.69, 9.17) is 16.3 Å². The molecule has 0 heterocycles. The third-order valence-electron chi connectivity index (χ3n) is 3.09. The van der Waals surface area contributed by atoms with E-state index in [-0.39, 0.29) is 6.10 Å². The lowest BCUT2D eigenvalue weighted by Gasteiger charge is -2.18. The molecule has 0 aliphatic carbocycles. The van der Waals surface area contributed by atoms with Crippen LogP contribution in [0.15, 0.2) is 29.2 Å². The Morgan fingerprint density at radius 2 is 1.86 bits per heavy atom. The van der Waals surface area contributed by atoms with E-state index < -0.39 is 10.0 Å². The van der Waals surface area contributed by atoms with E-state index >= 15 is 0 Å². The molecule has 1 aromatic rings. The van der Waals surface area contributed by atoms with E-state index in [1.54, 1.807) is 19.2 Å². The molecule has 0 aliphatic rings. The summed E-state index contributed by atoms with van der Waals surface area (Å²) in [5.41, 5.74) is 1.10. The molecule has 0 saturated carbocycles. The van der Waals surface area contributed by atoms with Gasteiger partial charge in [0.2, 0.25) is 10.0 Å². The Hall–Kier alpha value is -0.620. The third kappa shape index (κ3) is 5.94. The van der Waals surface area contributed by atoms with Crippen LogP contribution in [0, 0.1) is 0 Å². The van der Waals surface area contributed by atoms with Gasteiger partial charge >= 0.3 is 0 Å². The van der Waals surface area contributed by atoms with Crippen LogP contribution in [0.4, 0.5) is 0 Å². The van der Waals surface area contributed by atoms with Gasteiger partial charge in [-0.15, -0.1) is 11.6 Å². The topological polar surface area (TPSA) is 46.6 Å². The zero-order valence-corrected chi connectivity index (χ0v) is 14.5. The number of sulfonamides is 1. The van der Waals surface area contributed by atoms with E-state index in [0.29, 0.717) is 23.9 Å². The van der Waals surface area contributed by atoms with Crippen molar-refractivity contribution in [3.63, 3.8) is 0 Å². The summed E-state index contributed by atoms with van der Waals surface area (Å²) in [6.45, 7) is 4.58. The maximum absolute atomic E-state index is 12.4. The molecule has 0 spiro atoms. The molecule has 0 saturated heterocycles. The van der Waals surface area contributed by atoms with Crippen LogP contribution in [-0.4, -0.2) is 44.9 Å². The maximum Gasteiger partial charge on any atom is 0.242 e. The molecular formula is C15H24ClNO3S. The van der Waals surface area contributed by atoms with Crippen molar-refractivity contribution in [2.45, 2.75) is 37.7 Å². The van der Waals surface area contributed by atoms with Crippen molar-refractivity contribution in [3.05, 3.63) is 29.8 Å². The van der Waals surface area contributed by atoms with Gasteiger partial charge in [0.15, 0.2) is 0 Å². The molecule has 1 aromatic carbocycles. The fourth-order valence-electron chi connectivity index (χ4n) is 1.82. The van der Waals surface area contributed by atoms with Gasteiger partial charge in [-0.1, -0.05) is 12.1 Å². The van der Waals surface area contributed by atoms with Crippen molar-refractivity contribution < 1.29 is 13.2 Å². The van der Waals surface area contributed by atoms with E-state index in [0.717, 1.165) is 18.4 Å². The number of alkyl halides is 1. The summed E-state index contributed by atoms with van der Waals surface area (Å²) < 4.78 is 31.5. The average Bonchev–Trinajstić information content (AvgIpc) is 2.45. The summed E-state index contributed by atoms with van der Waals surface area (Å²) in [6.07, 6.45) is 1.85. The highest BCUT2D eigenvalue weighted by molar-refractivity contribution is 7.89. The summed E-state index contributed by atoms with van der Waals surface area (Å²) >= 11 is 5.65. The van der Waals surface area contributed by atoms with Crippen LogP contribution in [0.3, 0.4) is 0 Å². The number of likely N-dealkylation sites (N-methyl/N-ethyl adjacent to an activating group) is 1. The molecule has 0 fully saturated rings. The van der Waals surface area contributed by atoms with Gasteiger partial charge in [0.25, 0.3) is 0 Å². The summed E-state index contributed by atoms with van der Waals surface area (Å²) in [5, 5.41) is 0. The van der Waals surface area contributed by atoms with Crippen LogP contribution in [-0.2, 0) is 21.2 Å². The molecule has 21 heavy (non-hydrogen) atoms. The molecule has 0 aromatic heterocycles. The zero-order valence-electron chi connectivity index (χ0n) is 12.9. The predicted molar refractivity (Wildman–Crippen MR) is 86.4 cm³/mol. The Balaban J connectivity index is 2.68. The first-order valence-corrected chi connectivity index (χ1v) is 9.08. The summed E-state index contributed by atoms with van der Waals surface area (Å²) in [7, 11) is -1.88. The summed E-state index contributed by atoms with van der Waals surface area (Å²) in [6, 6.07) is 6.99. The van der Waals surface area contributed by atoms with Crippen LogP contribution >= 0.6 is 11.6 Å². The Morgan fingerprint density at radius 3 is 2.38 bits per heavy atom. The zero-order chi connectivity index (χ0) is 15.9. The van der Waals surface area contributed by atoms with Crippen molar-refractivity contribution in [1.29, 1.82) is 0 Å². The number of benzene rings is 1. The molecule has 6 heteroatoms. The fraction of sp³-hybridized carbons (Fsp3) is 0.600. The van der Waals surface area contributed by atoms with Gasteiger partial charge < -0.3 is 4.74 Å². The molecule has 0 amide bonds. The van der Waals surface area contributed by atoms with Gasteiger partial charge in [-0.2, -0.15) is 4.31 Å². The smallest absolute Gasteiger partial charge is 0.242 e. The van der Waals surface area contributed by atoms with Gasteiger partial charge in [-0.3, -0.25) is 0 Å². The molecular weight excluding hydrogens is 310 g/mol. The van der Waals surface area contributed by atoms with E-state index in [9.17, 15) is 8.42 Å². The van der Waals surface area contributed by atoms with Crippen LogP contribution in [0.25, 0.3) is 0 Å². The minimum Gasteiger partial charge on any atom is -0.377 e. The molecule has 0 radical (unpaired) electrons. The van der Waals surface area contributed by atoms with Crippen LogP contribution in [0.5, 0.6) is 0 Å². The number of nitrogens with zero attached hydrogens (tertiary/aromatic N) is 1. The second-order valence-electron chi connectivity index (χ2n) is 5.18. The first-order chi connectivity index (χ1) is 9.87. The highest BCUT2D eigenvalue weighted by Gasteiger charge is 2.20. The largest absolute Gasteiger partial charge is 0.377 e. The molecule has 0 atom stereocenters. The SMILES string of the molecule is CC(C)OCCN(C)S(=O)(=O)c1ccc(CCCCl)cc1. The maximum atomic E-state index is 12.4. The van der Waals surface area contributed by atoms with Crippen molar-refractivity contribution in [3.8, 4) is 0 Å². The second-order valence-corrected chi connectivity index (χ2v) is 7.61. The molecule has 0 N–H and O–H groups in total. The minimum absolute atomic E-state index is 0.0994. The number of hydrogen-bond donors (Lipinski definition) is 0. The lowest BCUT2D eigenvalue weighted by atomic mass is 10.1. The van der Waals surface area contributed by atoms with E-state index in [1.165, 1.54) is 4.31 Å². The molecule has 120 valence electrons. The molecule has 0 unspecified atom stereocenters. The molecule has 0 aliphatic heterocycles. The van der Waals surface area contributed by atoms with Gasteiger partial charge in [-0.05, 0) is 44.4 Å². The van der Waals surface area contributed by atoms with E-state index in [2.05, 4.69) is 0 Å². The Bertz CT molecular complexity index is 514. The summed E-state index contributed by atoms with van der Waals surface area (Å²) in [5.74, 6) is 0.610. The third-order valence-corrected chi connectivity index (χ3v) is 5.23. The number of ether oxygens (including phenoxy) is 1.